The lowest BCUT2D eigenvalue weighted by atomic mass is 10.1. The second kappa shape index (κ2) is 2.64. The number of aromatic hydroxyl groups is 1. The Morgan fingerprint density at radius 2 is 2.33 bits per heavy atom. The maximum absolute atomic E-state index is 10.9. The van der Waals surface area contributed by atoms with Crippen LogP contribution in [0.3, 0.4) is 0 Å². The molecule has 12 heavy (non-hydrogen) atoms. The molecule has 1 aromatic rings. The van der Waals surface area contributed by atoms with Gasteiger partial charge in [0.2, 0.25) is 0 Å². The van der Waals surface area contributed by atoms with Crippen LogP contribution in [0, 0.1) is 0 Å². The van der Waals surface area contributed by atoms with Gasteiger partial charge in [0.05, 0.1) is 0 Å². The van der Waals surface area contributed by atoms with Gasteiger partial charge in [0.25, 0.3) is 5.56 Å². The number of pyridine rings is 1. The highest BCUT2D eigenvalue weighted by Crippen LogP contribution is 2.19. The summed E-state index contributed by atoms with van der Waals surface area (Å²) in [5.41, 5.74) is 1.44. The average molecular weight is 166 g/mol. The number of nitrogens with one attached hydrogen (secondary N) is 2. The van der Waals surface area contributed by atoms with Crippen LogP contribution >= 0.6 is 0 Å². The molecule has 0 radical (unpaired) electrons. The molecule has 4 nitrogen and oxygen atoms in total. The van der Waals surface area contributed by atoms with Crippen molar-refractivity contribution in [1.82, 2.24) is 10.3 Å². The van der Waals surface area contributed by atoms with Crippen molar-refractivity contribution < 1.29 is 5.11 Å². The van der Waals surface area contributed by atoms with Crippen molar-refractivity contribution in [1.29, 1.82) is 0 Å². The van der Waals surface area contributed by atoms with E-state index in [-0.39, 0.29) is 11.3 Å². The van der Waals surface area contributed by atoms with Gasteiger partial charge in [-0.3, -0.25) is 4.79 Å². The van der Waals surface area contributed by atoms with E-state index in [1.54, 1.807) is 0 Å². The lowest BCUT2D eigenvalue weighted by Gasteiger charge is -2.16. The van der Waals surface area contributed by atoms with Gasteiger partial charge in [-0.25, -0.2) is 0 Å². The fourth-order valence-electron chi connectivity index (χ4n) is 1.48. The number of hydrogen-bond acceptors (Lipinski definition) is 3. The summed E-state index contributed by atoms with van der Waals surface area (Å²) < 4.78 is 0. The Morgan fingerprint density at radius 3 is 3.17 bits per heavy atom. The molecule has 0 atom stereocenters. The minimum atomic E-state index is -0.241. The molecule has 0 fully saturated rings. The monoisotopic (exact) mass is 166 g/mol. The molecule has 0 saturated heterocycles. The lowest BCUT2D eigenvalue weighted by Crippen LogP contribution is -2.27. The predicted molar refractivity (Wildman–Crippen MR) is 44.1 cm³/mol. The van der Waals surface area contributed by atoms with Crippen LogP contribution in [-0.4, -0.2) is 16.6 Å². The maximum atomic E-state index is 10.9. The van der Waals surface area contributed by atoms with E-state index in [0.29, 0.717) is 6.54 Å². The van der Waals surface area contributed by atoms with Crippen molar-refractivity contribution in [2.24, 2.45) is 0 Å². The van der Waals surface area contributed by atoms with E-state index in [4.69, 9.17) is 0 Å². The zero-order valence-electron chi connectivity index (χ0n) is 6.55. The van der Waals surface area contributed by atoms with Crippen molar-refractivity contribution in [3.8, 4) is 5.75 Å². The summed E-state index contributed by atoms with van der Waals surface area (Å²) in [5, 5.41) is 12.5. The van der Waals surface area contributed by atoms with Gasteiger partial charge in [0.1, 0.15) is 5.75 Å². The molecule has 0 spiro atoms. The highest BCUT2D eigenvalue weighted by molar-refractivity contribution is 5.35. The molecular formula is C8H10N2O2. The topological polar surface area (TPSA) is 65.1 Å². The Morgan fingerprint density at radius 1 is 1.50 bits per heavy atom. The molecule has 1 aliphatic rings. The van der Waals surface area contributed by atoms with E-state index < -0.39 is 0 Å². The Hall–Kier alpha value is -1.29. The van der Waals surface area contributed by atoms with Gasteiger partial charge in [-0.05, 0) is 13.0 Å². The molecule has 0 unspecified atom stereocenters. The molecule has 2 heterocycles. The van der Waals surface area contributed by atoms with Crippen LogP contribution < -0.4 is 10.9 Å². The minimum absolute atomic E-state index is 0.121. The normalized spacial score (nSPS) is 15.7. The summed E-state index contributed by atoms with van der Waals surface area (Å²) in [6.07, 6.45) is 0.776. The first kappa shape index (κ1) is 7.36. The standard InChI is InChI=1S/C8H10N2O2/c11-7-3-8(12)10-6-4-9-2-1-5(6)7/h3,9H,1-2,4H2,(H2,10,11,12). The zero-order chi connectivity index (χ0) is 8.55. The predicted octanol–water partition coefficient (Wildman–Crippen LogP) is -0.274. The van der Waals surface area contributed by atoms with E-state index in [2.05, 4.69) is 10.3 Å². The van der Waals surface area contributed by atoms with E-state index in [0.717, 1.165) is 24.2 Å². The summed E-state index contributed by atoms with van der Waals surface area (Å²) >= 11 is 0. The molecule has 2 rings (SSSR count). The highest BCUT2D eigenvalue weighted by Gasteiger charge is 2.13. The second-order valence-corrected chi connectivity index (χ2v) is 2.90. The molecule has 0 saturated carbocycles. The van der Waals surface area contributed by atoms with Crippen molar-refractivity contribution in [3.63, 3.8) is 0 Å². The molecule has 4 heteroatoms. The quantitative estimate of drug-likeness (QED) is 0.497. The Balaban J connectivity index is 2.60. The molecule has 3 N–H and O–H groups in total. The smallest absolute Gasteiger partial charge is 0.251 e. The highest BCUT2D eigenvalue weighted by atomic mass is 16.3. The summed E-state index contributed by atoms with van der Waals surface area (Å²) in [6, 6.07) is 1.23. The molecule has 1 aromatic heterocycles. The van der Waals surface area contributed by atoms with Crippen LogP contribution in [0.15, 0.2) is 10.9 Å². The summed E-state index contributed by atoms with van der Waals surface area (Å²) in [7, 11) is 0. The Labute approximate surface area is 69.2 Å². The van der Waals surface area contributed by atoms with Crippen molar-refractivity contribution in [2.75, 3.05) is 6.54 Å². The first-order valence-corrected chi connectivity index (χ1v) is 3.92. The van der Waals surface area contributed by atoms with Crippen LogP contribution in [0.5, 0.6) is 5.75 Å². The van der Waals surface area contributed by atoms with E-state index in [9.17, 15) is 9.90 Å². The van der Waals surface area contributed by atoms with Gasteiger partial charge in [-0.2, -0.15) is 0 Å². The van der Waals surface area contributed by atoms with E-state index in [1.165, 1.54) is 6.07 Å². The van der Waals surface area contributed by atoms with Gasteiger partial charge >= 0.3 is 0 Å². The van der Waals surface area contributed by atoms with Gasteiger partial charge in [-0.15, -0.1) is 0 Å². The third kappa shape index (κ3) is 1.10. The summed E-state index contributed by atoms with van der Waals surface area (Å²) in [4.78, 5) is 13.6. The molecule has 0 aromatic carbocycles. The van der Waals surface area contributed by atoms with Crippen LogP contribution in [0.2, 0.25) is 0 Å². The van der Waals surface area contributed by atoms with Crippen molar-refractivity contribution in [3.05, 3.63) is 27.7 Å². The van der Waals surface area contributed by atoms with Gasteiger partial charge in [-0.1, -0.05) is 0 Å². The van der Waals surface area contributed by atoms with Gasteiger partial charge in [0, 0.05) is 23.9 Å². The zero-order valence-corrected chi connectivity index (χ0v) is 6.55. The third-order valence-electron chi connectivity index (χ3n) is 2.07. The minimum Gasteiger partial charge on any atom is -0.507 e. The van der Waals surface area contributed by atoms with Crippen LogP contribution in [-0.2, 0) is 13.0 Å². The SMILES string of the molecule is O=c1cc(O)c2c([nH]1)CNCC2. The van der Waals surface area contributed by atoms with Crippen molar-refractivity contribution in [2.45, 2.75) is 13.0 Å². The fraction of sp³-hybridized carbons (Fsp3) is 0.375. The van der Waals surface area contributed by atoms with E-state index >= 15 is 0 Å². The molecule has 1 aliphatic heterocycles. The number of H-pyrrole nitrogens is 1. The Bertz CT molecular complexity index is 357. The number of hydrogen-bond donors (Lipinski definition) is 3. The summed E-state index contributed by atoms with van der Waals surface area (Å²) in [5.74, 6) is 0.121. The average Bonchev–Trinajstić information content (AvgIpc) is 2.04. The molecule has 0 bridgehead atoms. The lowest BCUT2D eigenvalue weighted by molar-refractivity contribution is 0.457. The second-order valence-electron chi connectivity index (χ2n) is 2.90. The number of rotatable bonds is 0. The maximum Gasteiger partial charge on any atom is 0.251 e. The van der Waals surface area contributed by atoms with Crippen molar-refractivity contribution >= 4 is 0 Å². The van der Waals surface area contributed by atoms with Crippen LogP contribution in [0.4, 0.5) is 0 Å². The van der Waals surface area contributed by atoms with Crippen LogP contribution in [0.25, 0.3) is 0 Å². The van der Waals surface area contributed by atoms with Gasteiger partial charge < -0.3 is 15.4 Å². The van der Waals surface area contributed by atoms with Crippen LogP contribution in [0.1, 0.15) is 11.3 Å². The number of fused-ring (bicyclic) bond motifs is 1. The first-order chi connectivity index (χ1) is 5.77. The first-order valence-electron chi connectivity index (χ1n) is 3.92. The summed E-state index contributed by atoms with van der Waals surface area (Å²) in [6.45, 7) is 1.49. The van der Waals surface area contributed by atoms with Gasteiger partial charge in [0.15, 0.2) is 0 Å². The molecule has 64 valence electrons. The Kier molecular flexibility index (Phi) is 1.62. The largest absolute Gasteiger partial charge is 0.507 e. The molecule has 0 amide bonds. The molecular weight excluding hydrogens is 156 g/mol. The number of aromatic amines is 1. The molecule has 0 aliphatic carbocycles. The van der Waals surface area contributed by atoms with E-state index in [1.807, 2.05) is 0 Å². The fourth-order valence-corrected chi connectivity index (χ4v) is 1.48. The number of aromatic nitrogens is 1. The third-order valence-corrected chi connectivity index (χ3v) is 2.07.